The van der Waals surface area contributed by atoms with Gasteiger partial charge >= 0.3 is 5.63 Å². The minimum atomic E-state index is -0.644. The van der Waals surface area contributed by atoms with Gasteiger partial charge in [0.05, 0.1) is 0 Å². The Kier molecular flexibility index (Phi) is 4.53. The summed E-state index contributed by atoms with van der Waals surface area (Å²) in [5.74, 6) is -0.463. The van der Waals surface area contributed by atoms with E-state index in [0.29, 0.717) is 11.0 Å². The van der Waals surface area contributed by atoms with Gasteiger partial charge < -0.3 is 9.73 Å². The summed E-state index contributed by atoms with van der Waals surface area (Å²) in [6, 6.07) is 12.7. The second-order valence-electron chi connectivity index (χ2n) is 5.55. The molecule has 1 heterocycles. The van der Waals surface area contributed by atoms with Crippen molar-refractivity contribution in [3.63, 3.8) is 0 Å². The van der Waals surface area contributed by atoms with Crippen molar-refractivity contribution < 1.29 is 9.21 Å². The molecule has 5 heteroatoms. The van der Waals surface area contributed by atoms with Gasteiger partial charge in [0.1, 0.15) is 11.1 Å². The molecule has 1 amide bonds. The quantitative estimate of drug-likeness (QED) is 0.665. The summed E-state index contributed by atoms with van der Waals surface area (Å²) in [6.07, 6.45) is 0.788. The van der Waals surface area contributed by atoms with Crippen LogP contribution in [0.25, 0.3) is 11.0 Å². The van der Waals surface area contributed by atoms with Crippen LogP contribution in [0, 0.1) is 6.92 Å². The van der Waals surface area contributed by atoms with Crippen LogP contribution in [-0.2, 0) is 6.42 Å². The highest BCUT2D eigenvalue weighted by Gasteiger charge is 2.16. The minimum absolute atomic E-state index is 0.00842. The minimum Gasteiger partial charge on any atom is -0.422 e. The second kappa shape index (κ2) is 6.61. The van der Waals surface area contributed by atoms with Crippen molar-refractivity contribution in [2.45, 2.75) is 20.3 Å². The van der Waals surface area contributed by atoms with Gasteiger partial charge in [0.15, 0.2) is 0 Å². The molecule has 0 aliphatic carbocycles. The highest BCUT2D eigenvalue weighted by molar-refractivity contribution is 9.10. The number of anilines is 1. The molecule has 3 aromatic rings. The summed E-state index contributed by atoms with van der Waals surface area (Å²) in [4.78, 5) is 24.8. The lowest BCUT2D eigenvalue weighted by atomic mass is 10.1. The van der Waals surface area contributed by atoms with E-state index in [1.54, 1.807) is 24.3 Å². The Bertz CT molecular complexity index is 992. The average molecular weight is 386 g/mol. The first-order valence-corrected chi connectivity index (χ1v) is 8.42. The molecule has 3 rings (SSSR count). The van der Waals surface area contributed by atoms with Crippen molar-refractivity contribution in [1.29, 1.82) is 0 Å². The van der Waals surface area contributed by atoms with Gasteiger partial charge in [0, 0.05) is 15.5 Å². The molecule has 1 aromatic heterocycles. The van der Waals surface area contributed by atoms with Gasteiger partial charge in [-0.2, -0.15) is 0 Å². The summed E-state index contributed by atoms with van der Waals surface area (Å²) in [5, 5.41) is 3.54. The zero-order valence-electron chi connectivity index (χ0n) is 13.4. The highest BCUT2D eigenvalue weighted by atomic mass is 79.9. The van der Waals surface area contributed by atoms with Crippen molar-refractivity contribution in [1.82, 2.24) is 0 Å². The van der Waals surface area contributed by atoms with Gasteiger partial charge in [-0.05, 0) is 48.7 Å². The molecule has 0 aliphatic heterocycles. The van der Waals surface area contributed by atoms with E-state index >= 15 is 0 Å². The Balaban J connectivity index is 2.03. The van der Waals surface area contributed by atoms with Gasteiger partial charge in [-0.15, -0.1) is 0 Å². The fourth-order valence-electron chi connectivity index (χ4n) is 2.64. The van der Waals surface area contributed by atoms with Crippen LogP contribution in [0.3, 0.4) is 0 Å². The van der Waals surface area contributed by atoms with Crippen molar-refractivity contribution in [2.75, 3.05) is 5.32 Å². The molecule has 0 radical (unpaired) electrons. The lowest BCUT2D eigenvalue weighted by Gasteiger charge is -2.12. The average Bonchev–Trinajstić information content (AvgIpc) is 2.56. The standard InChI is InChI=1S/C19H16BrNO3/c1-3-12-6-4-5-11(2)17(12)21-18(22)15-10-13-9-14(20)7-8-16(13)24-19(15)23/h4-10H,3H2,1-2H3,(H,21,22). The first-order valence-electron chi connectivity index (χ1n) is 7.63. The Morgan fingerprint density at radius 3 is 2.75 bits per heavy atom. The van der Waals surface area contributed by atoms with E-state index in [9.17, 15) is 9.59 Å². The fourth-order valence-corrected chi connectivity index (χ4v) is 3.01. The van der Waals surface area contributed by atoms with Crippen LogP contribution < -0.4 is 10.9 Å². The number of halogens is 1. The van der Waals surface area contributed by atoms with E-state index in [2.05, 4.69) is 21.2 Å². The number of rotatable bonds is 3. The molecule has 0 saturated carbocycles. The molecule has 24 heavy (non-hydrogen) atoms. The number of para-hydroxylation sites is 1. The first kappa shape index (κ1) is 16.5. The van der Waals surface area contributed by atoms with E-state index in [1.807, 2.05) is 32.0 Å². The number of fused-ring (bicyclic) bond motifs is 1. The van der Waals surface area contributed by atoms with Crippen LogP contribution in [0.2, 0.25) is 0 Å². The lowest BCUT2D eigenvalue weighted by Crippen LogP contribution is -2.21. The Hall–Kier alpha value is -2.40. The van der Waals surface area contributed by atoms with Gasteiger partial charge in [0.25, 0.3) is 5.91 Å². The normalized spacial score (nSPS) is 10.8. The van der Waals surface area contributed by atoms with Crippen molar-refractivity contribution in [3.8, 4) is 0 Å². The Morgan fingerprint density at radius 1 is 1.21 bits per heavy atom. The SMILES string of the molecule is CCc1cccc(C)c1NC(=O)c1cc2cc(Br)ccc2oc1=O. The third-order valence-corrected chi connectivity index (χ3v) is 4.41. The maximum Gasteiger partial charge on any atom is 0.349 e. The molecule has 0 atom stereocenters. The topological polar surface area (TPSA) is 59.3 Å². The predicted molar refractivity (Wildman–Crippen MR) is 98.7 cm³/mol. The molecule has 2 aromatic carbocycles. The Labute approximate surface area is 147 Å². The number of amides is 1. The summed E-state index contributed by atoms with van der Waals surface area (Å²) in [7, 11) is 0. The molecular weight excluding hydrogens is 370 g/mol. The van der Waals surface area contributed by atoms with E-state index in [0.717, 1.165) is 27.7 Å². The smallest absolute Gasteiger partial charge is 0.349 e. The van der Waals surface area contributed by atoms with E-state index in [4.69, 9.17) is 4.42 Å². The van der Waals surface area contributed by atoms with Gasteiger partial charge in [-0.3, -0.25) is 4.79 Å². The summed E-state index contributed by atoms with van der Waals surface area (Å²) < 4.78 is 6.11. The fraction of sp³-hybridized carbons (Fsp3) is 0.158. The third kappa shape index (κ3) is 3.12. The van der Waals surface area contributed by atoms with Crippen LogP contribution in [0.1, 0.15) is 28.4 Å². The zero-order chi connectivity index (χ0) is 17.3. The maximum atomic E-state index is 12.6. The number of carbonyl (C=O) groups excluding carboxylic acids is 1. The first-order chi connectivity index (χ1) is 11.5. The molecule has 0 spiro atoms. The molecule has 1 N–H and O–H groups in total. The van der Waals surface area contributed by atoms with Crippen LogP contribution in [0.15, 0.2) is 56.1 Å². The second-order valence-corrected chi connectivity index (χ2v) is 6.46. The molecule has 0 aliphatic rings. The van der Waals surface area contributed by atoms with E-state index in [1.165, 1.54) is 0 Å². The van der Waals surface area contributed by atoms with Crippen molar-refractivity contribution in [3.05, 3.63) is 74.0 Å². The highest BCUT2D eigenvalue weighted by Crippen LogP contribution is 2.23. The summed E-state index contributed by atoms with van der Waals surface area (Å²) >= 11 is 3.37. The van der Waals surface area contributed by atoms with Crippen LogP contribution in [0.5, 0.6) is 0 Å². The number of aryl methyl sites for hydroxylation is 2. The summed E-state index contributed by atoms with van der Waals surface area (Å²) in [6.45, 7) is 3.95. The van der Waals surface area contributed by atoms with Crippen molar-refractivity contribution in [2.24, 2.45) is 0 Å². The van der Waals surface area contributed by atoms with Gasteiger partial charge in [-0.25, -0.2) is 4.79 Å². The van der Waals surface area contributed by atoms with Crippen LogP contribution in [0.4, 0.5) is 5.69 Å². The number of hydrogen-bond acceptors (Lipinski definition) is 3. The molecule has 0 bridgehead atoms. The summed E-state index contributed by atoms with van der Waals surface area (Å²) in [5.41, 5.74) is 2.52. The monoisotopic (exact) mass is 385 g/mol. The van der Waals surface area contributed by atoms with E-state index in [-0.39, 0.29) is 5.56 Å². The van der Waals surface area contributed by atoms with E-state index < -0.39 is 11.5 Å². The van der Waals surface area contributed by atoms with Gasteiger partial charge in [0.2, 0.25) is 0 Å². The van der Waals surface area contributed by atoms with Crippen LogP contribution in [-0.4, -0.2) is 5.91 Å². The third-order valence-electron chi connectivity index (χ3n) is 3.92. The number of hydrogen-bond donors (Lipinski definition) is 1. The predicted octanol–water partition coefficient (Wildman–Crippen LogP) is 4.68. The lowest BCUT2D eigenvalue weighted by molar-refractivity contribution is 0.102. The molecule has 0 unspecified atom stereocenters. The molecule has 0 saturated heterocycles. The molecular formula is C19H16BrNO3. The number of benzene rings is 2. The largest absolute Gasteiger partial charge is 0.422 e. The number of nitrogens with one attached hydrogen (secondary N) is 1. The van der Waals surface area contributed by atoms with Gasteiger partial charge in [-0.1, -0.05) is 41.1 Å². The molecule has 4 nitrogen and oxygen atoms in total. The maximum absolute atomic E-state index is 12.6. The Morgan fingerprint density at radius 2 is 2.00 bits per heavy atom. The van der Waals surface area contributed by atoms with Crippen LogP contribution >= 0.6 is 15.9 Å². The zero-order valence-corrected chi connectivity index (χ0v) is 14.9. The molecule has 122 valence electrons. The molecule has 0 fully saturated rings. The number of carbonyl (C=O) groups is 1. The van der Waals surface area contributed by atoms with Crippen molar-refractivity contribution >= 4 is 38.5 Å².